The number of nitrogens with zero attached hydrogens (tertiary/aromatic N) is 2. The average molecular weight is 153 g/mol. The fourth-order valence-electron chi connectivity index (χ4n) is 0.746. The van der Waals surface area contributed by atoms with Crippen LogP contribution in [0.25, 0.3) is 0 Å². The van der Waals surface area contributed by atoms with Crippen molar-refractivity contribution in [3.05, 3.63) is 18.2 Å². The topological polar surface area (TPSA) is 60.9 Å². The monoisotopic (exact) mass is 153 g/mol. The molecule has 1 aromatic heterocycles. The van der Waals surface area contributed by atoms with E-state index in [1.54, 1.807) is 12.5 Å². The number of aromatic nitrogens is 2. The lowest BCUT2D eigenvalue weighted by Gasteiger charge is -2.03. The molecule has 0 saturated carbocycles. The molecule has 0 saturated heterocycles. The van der Waals surface area contributed by atoms with Crippen LogP contribution in [0.2, 0.25) is 0 Å². The number of imidazole rings is 1. The number of hydrogen-bond donors (Lipinski definition) is 1. The molecule has 4 heteroatoms. The normalized spacial score (nSPS) is 10.5. The zero-order chi connectivity index (χ0) is 8.43. The Morgan fingerprint density at radius 3 is 2.64 bits per heavy atom. The van der Waals surface area contributed by atoms with E-state index < -0.39 is 5.91 Å². The van der Waals surface area contributed by atoms with Crippen LogP contribution in [0.1, 0.15) is 30.4 Å². The van der Waals surface area contributed by atoms with Gasteiger partial charge in [-0.25, -0.2) is 4.98 Å². The molecule has 60 valence electrons. The lowest BCUT2D eigenvalue weighted by Crippen LogP contribution is -2.11. The summed E-state index contributed by atoms with van der Waals surface area (Å²) >= 11 is 0. The van der Waals surface area contributed by atoms with E-state index in [2.05, 4.69) is 4.98 Å². The van der Waals surface area contributed by atoms with Crippen molar-refractivity contribution < 1.29 is 4.79 Å². The van der Waals surface area contributed by atoms with E-state index in [0.29, 0.717) is 11.7 Å². The minimum Gasteiger partial charge on any atom is -0.364 e. The second-order valence-electron chi connectivity index (χ2n) is 2.66. The Kier molecular flexibility index (Phi) is 1.94. The number of primary amides is 1. The zero-order valence-electron chi connectivity index (χ0n) is 6.61. The smallest absolute Gasteiger partial charge is 0.268 e. The number of carbonyl (C=O) groups excluding carboxylic acids is 1. The summed E-state index contributed by atoms with van der Waals surface area (Å²) in [6.07, 6.45) is 3.25. The van der Waals surface area contributed by atoms with Gasteiger partial charge in [0.2, 0.25) is 0 Å². The molecule has 2 N–H and O–H groups in total. The molecular formula is C7H11N3O. The van der Waals surface area contributed by atoms with Crippen molar-refractivity contribution in [3.8, 4) is 0 Å². The minimum absolute atomic E-state index is 0.315. The molecule has 0 atom stereocenters. The van der Waals surface area contributed by atoms with Crippen LogP contribution in [-0.2, 0) is 0 Å². The first-order chi connectivity index (χ1) is 5.11. The molecule has 0 aromatic carbocycles. The SMILES string of the molecule is CC(C)n1cnc(C(N)=O)c1. The van der Waals surface area contributed by atoms with E-state index in [-0.39, 0.29) is 0 Å². The van der Waals surface area contributed by atoms with Crippen LogP contribution >= 0.6 is 0 Å². The first-order valence-corrected chi connectivity index (χ1v) is 3.44. The first kappa shape index (κ1) is 7.78. The van der Waals surface area contributed by atoms with Crippen LogP contribution < -0.4 is 5.73 Å². The van der Waals surface area contributed by atoms with Gasteiger partial charge >= 0.3 is 0 Å². The second-order valence-corrected chi connectivity index (χ2v) is 2.66. The molecule has 0 aliphatic heterocycles. The molecule has 0 spiro atoms. The highest BCUT2D eigenvalue weighted by Gasteiger charge is 2.04. The molecule has 0 radical (unpaired) electrons. The standard InChI is InChI=1S/C7H11N3O/c1-5(2)10-3-6(7(8)11)9-4-10/h3-5H,1-2H3,(H2,8,11). The van der Waals surface area contributed by atoms with E-state index >= 15 is 0 Å². The highest BCUT2D eigenvalue weighted by molar-refractivity contribution is 5.90. The van der Waals surface area contributed by atoms with Crippen molar-refractivity contribution in [1.29, 1.82) is 0 Å². The van der Waals surface area contributed by atoms with Crippen LogP contribution in [-0.4, -0.2) is 15.5 Å². The Balaban J connectivity index is 2.90. The van der Waals surface area contributed by atoms with Gasteiger partial charge in [0.05, 0.1) is 6.33 Å². The summed E-state index contributed by atoms with van der Waals surface area (Å²) in [7, 11) is 0. The van der Waals surface area contributed by atoms with Crippen LogP contribution in [0.3, 0.4) is 0 Å². The van der Waals surface area contributed by atoms with Gasteiger partial charge in [0.1, 0.15) is 5.69 Å². The molecule has 0 aliphatic rings. The van der Waals surface area contributed by atoms with Crippen molar-refractivity contribution in [1.82, 2.24) is 9.55 Å². The summed E-state index contributed by atoms with van der Waals surface area (Å²) in [6.45, 7) is 4.01. The van der Waals surface area contributed by atoms with E-state index in [1.165, 1.54) is 0 Å². The van der Waals surface area contributed by atoms with E-state index in [9.17, 15) is 4.79 Å². The maximum atomic E-state index is 10.6. The number of nitrogens with two attached hydrogens (primary N) is 1. The summed E-state index contributed by atoms with van der Waals surface area (Å²) in [4.78, 5) is 14.4. The maximum absolute atomic E-state index is 10.6. The predicted molar refractivity (Wildman–Crippen MR) is 41.1 cm³/mol. The number of hydrogen-bond acceptors (Lipinski definition) is 2. The van der Waals surface area contributed by atoms with Gasteiger partial charge in [-0.05, 0) is 13.8 Å². The van der Waals surface area contributed by atoms with Crippen LogP contribution in [0.4, 0.5) is 0 Å². The molecule has 1 rings (SSSR count). The molecule has 0 aliphatic carbocycles. The molecule has 11 heavy (non-hydrogen) atoms. The summed E-state index contributed by atoms with van der Waals surface area (Å²) in [5.41, 5.74) is 5.33. The molecule has 4 nitrogen and oxygen atoms in total. The van der Waals surface area contributed by atoms with Gasteiger partial charge in [0, 0.05) is 12.2 Å². The number of rotatable bonds is 2. The van der Waals surface area contributed by atoms with Gasteiger partial charge in [-0.1, -0.05) is 0 Å². The molecule has 1 heterocycles. The van der Waals surface area contributed by atoms with Gasteiger partial charge in [-0.2, -0.15) is 0 Å². The molecule has 0 fully saturated rings. The van der Waals surface area contributed by atoms with Crippen molar-refractivity contribution >= 4 is 5.91 Å². The third-order valence-corrected chi connectivity index (χ3v) is 1.45. The van der Waals surface area contributed by atoms with Gasteiger partial charge in [0.25, 0.3) is 5.91 Å². The second kappa shape index (κ2) is 2.74. The average Bonchev–Trinajstić information content (AvgIpc) is 2.33. The van der Waals surface area contributed by atoms with Crippen molar-refractivity contribution in [3.63, 3.8) is 0 Å². The Morgan fingerprint density at radius 2 is 2.36 bits per heavy atom. The van der Waals surface area contributed by atoms with Gasteiger partial charge in [0.15, 0.2) is 0 Å². The van der Waals surface area contributed by atoms with E-state index in [1.807, 2.05) is 18.4 Å². The number of amides is 1. The highest BCUT2D eigenvalue weighted by Crippen LogP contribution is 2.04. The van der Waals surface area contributed by atoms with Crippen LogP contribution in [0.15, 0.2) is 12.5 Å². The third-order valence-electron chi connectivity index (χ3n) is 1.45. The fourth-order valence-corrected chi connectivity index (χ4v) is 0.746. The predicted octanol–water partition coefficient (Wildman–Crippen LogP) is 0.563. The maximum Gasteiger partial charge on any atom is 0.268 e. The fraction of sp³-hybridized carbons (Fsp3) is 0.429. The Bertz CT molecular complexity index is 264. The highest BCUT2D eigenvalue weighted by atomic mass is 16.1. The van der Waals surface area contributed by atoms with Crippen molar-refractivity contribution in [2.24, 2.45) is 5.73 Å². The minimum atomic E-state index is -0.482. The largest absolute Gasteiger partial charge is 0.364 e. The Labute approximate surface area is 65.0 Å². The Morgan fingerprint density at radius 1 is 1.73 bits per heavy atom. The van der Waals surface area contributed by atoms with Gasteiger partial charge in [-0.15, -0.1) is 0 Å². The van der Waals surface area contributed by atoms with Crippen LogP contribution in [0.5, 0.6) is 0 Å². The van der Waals surface area contributed by atoms with Gasteiger partial charge in [-0.3, -0.25) is 4.79 Å². The third kappa shape index (κ3) is 1.58. The molecule has 1 amide bonds. The van der Waals surface area contributed by atoms with Crippen molar-refractivity contribution in [2.75, 3.05) is 0 Å². The lowest BCUT2D eigenvalue weighted by molar-refractivity contribution is 0.0996. The van der Waals surface area contributed by atoms with E-state index in [0.717, 1.165) is 0 Å². The molecule has 0 unspecified atom stereocenters. The molecular weight excluding hydrogens is 142 g/mol. The zero-order valence-corrected chi connectivity index (χ0v) is 6.61. The molecule has 1 aromatic rings. The summed E-state index contributed by atoms with van der Waals surface area (Å²) in [5.74, 6) is -0.482. The Hall–Kier alpha value is -1.32. The van der Waals surface area contributed by atoms with E-state index in [4.69, 9.17) is 5.73 Å². The summed E-state index contributed by atoms with van der Waals surface area (Å²) in [6, 6.07) is 0.315. The summed E-state index contributed by atoms with van der Waals surface area (Å²) < 4.78 is 1.83. The molecule has 0 bridgehead atoms. The van der Waals surface area contributed by atoms with Crippen molar-refractivity contribution in [2.45, 2.75) is 19.9 Å². The van der Waals surface area contributed by atoms with Gasteiger partial charge < -0.3 is 10.3 Å². The van der Waals surface area contributed by atoms with Crippen LogP contribution in [0, 0.1) is 0 Å². The summed E-state index contributed by atoms with van der Waals surface area (Å²) in [5, 5.41) is 0. The quantitative estimate of drug-likeness (QED) is 0.674. The first-order valence-electron chi connectivity index (χ1n) is 3.44. The number of carbonyl (C=O) groups is 1. The lowest BCUT2D eigenvalue weighted by atomic mass is 10.4.